The van der Waals surface area contributed by atoms with E-state index in [1.54, 1.807) is 30.5 Å². The number of nitrogens with one attached hydrogen (secondary N) is 1. The van der Waals surface area contributed by atoms with Gasteiger partial charge >= 0.3 is 0 Å². The molecule has 25 heavy (non-hydrogen) atoms. The maximum absolute atomic E-state index is 12.4. The van der Waals surface area contributed by atoms with Crippen LogP contribution in [0.5, 0.6) is 0 Å². The third-order valence-electron chi connectivity index (χ3n) is 3.73. The molecule has 124 valence electrons. The molecule has 0 unspecified atom stereocenters. The molecule has 0 aliphatic heterocycles. The van der Waals surface area contributed by atoms with Crippen LogP contribution in [0.1, 0.15) is 16.2 Å². The molecule has 1 N–H and O–H groups in total. The van der Waals surface area contributed by atoms with E-state index >= 15 is 0 Å². The molecule has 0 radical (unpaired) electrons. The minimum Gasteiger partial charge on any atom is -0.619 e. The van der Waals surface area contributed by atoms with Crippen molar-refractivity contribution in [3.63, 3.8) is 0 Å². The maximum atomic E-state index is 12.4. The van der Waals surface area contributed by atoms with Gasteiger partial charge in [-0.1, -0.05) is 6.07 Å². The molecule has 0 saturated heterocycles. The monoisotopic (exact) mass is 351 g/mol. The largest absolute Gasteiger partial charge is 0.619 e. The average molecular weight is 351 g/mol. The van der Waals surface area contributed by atoms with Crippen molar-refractivity contribution in [2.75, 3.05) is 0 Å². The molecule has 4 aromatic heterocycles. The zero-order chi connectivity index (χ0) is 17.2. The van der Waals surface area contributed by atoms with Gasteiger partial charge in [-0.2, -0.15) is 4.73 Å². The van der Waals surface area contributed by atoms with Crippen LogP contribution < -0.4 is 10.0 Å². The van der Waals surface area contributed by atoms with Crippen molar-refractivity contribution in [3.05, 3.63) is 77.1 Å². The number of hydrogen-bond donors (Lipinski definition) is 1. The van der Waals surface area contributed by atoms with Crippen LogP contribution in [-0.2, 0) is 6.54 Å². The summed E-state index contributed by atoms with van der Waals surface area (Å²) in [5.74, 6) is 0.370. The molecule has 0 bridgehead atoms. The molecule has 4 rings (SSSR count). The lowest BCUT2D eigenvalue weighted by Crippen LogP contribution is -2.26. The van der Waals surface area contributed by atoms with E-state index in [0.29, 0.717) is 34.5 Å². The first-order valence-electron chi connectivity index (χ1n) is 7.59. The van der Waals surface area contributed by atoms with Crippen molar-refractivity contribution in [3.8, 4) is 10.4 Å². The number of pyridine rings is 2. The quantitative estimate of drug-likeness (QED) is 0.452. The second-order valence-corrected chi connectivity index (χ2v) is 6.35. The first kappa shape index (κ1) is 15.3. The highest BCUT2D eigenvalue weighted by Gasteiger charge is 2.15. The molecule has 0 atom stereocenters. The number of amides is 1. The first-order chi connectivity index (χ1) is 12.2. The van der Waals surface area contributed by atoms with Crippen LogP contribution in [0, 0.1) is 5.21 Å². The van der Waals surface area contributed by atoms with Crippen LogP contribution in [0.3, 0.4) is 0 Å². The lowest BCUT2D eigenvalue weighted by molar-refractivity contribution is -0.603. The Morgan fingerprint density at radius 2 is 2.16 bits per heavy atom. The third kappa shape index (κ3) is 3.09. The second-order valence-electron chi connectivity index (χ2n) is 5.41. The summed E-state index contributed by atoms with van der Waals surface area (Å²) in [5.41, 5.74) is 1.63. The summed E-state index contributed by atoms with van der Waals surface area (Å²) in [6.07, 6.45) is 4.48. The Morgan fingerprint density at radius 3 is 2.92 bits per heavy atom. The predicted molar refractivity (Wildman–Crippen MR) is 93.9 cm³/mol. The number of hydrogen-bond acceptors (Lipinski definition) is 5. The lowest BCUT2D eigenvalue weighted by atomic mass is 10.1. The summed E-state index contributed by atoms with van der Waals surface area (Å²) in [4.78, 5) is 17.8. The van der Waals surface area contributed by atoms with Crippen LogP contribution in [0.2, 0.25) is 0 Å². The standard InChI is InChI=1S/C18H13N3O3S/c22-18(19-9-13-3-1-7-24-13)15-6-5-12-10-21(23)11-14(17(12)20-15)16-4-2-8-25-16/h1-8,10-11H,9H2,(H,19,22). The Labute approximate surface area is 147 Å². The minimum absolute atomic E-state index is 0.290. The van der Waals surface area contributed by atoms with Crippen LogP contribution in [0.15, 0.2) is 64.9 Å². The van der Waals surface area contributed by atoms with Crippen molar-refractivity contribution in [2.45, 2.75) is 6.54 Å². The van der Waals surface area contributed by atoms with Gasteiger partial charge in [-0.05, 0) is 35.7 Å². The summed E-state index contributed by atoms with van der Waals surface area (Å²) < 4.78 is 5.96. The van der Waals surface area contributed by atoms with E-state index < -0.39 is 0 Å². The molecule has 7 heteroatoms. The van der Waals surface area contributed by atoms with Crippen molar-refractivity contribution < 1.29 is 13.9 Å². The smallest absolute Gasteiger partial charge is 0.270 e. The molecular weight excluding hydrogens is 338 g/mol. The van der Waals surface area contributed by atoms with Gasteiger partial charge in [0, 0.05) is 4.88 Å². The number of thiophene rings is 1. The zero-order valence-corrected chi connectivity index (χ0v) is 13.8. The molecule has 4 heterocycles. The Bertz CT molecular complexity index is 1030. The van der Waals surface area contributed by atoms with Crippen molar-refractivity contribution >= 4 is 28.1 Å². The van der Waals surface area contributed by atoms with Gasteiger partial charge in [0.15, 0.2) is 12.4 Å². The van der Waals surface area contributed by atoms with E-state index in [9.17, 15) is 10.0 Å². The summed E-state index contributed by atoms with van der Waals surface area (Å²) in [5, 5.41) is 17.2. The summed E-state index contributed by atoms with van der Waals surface area (Å²) in [6, 6.07) is 10.7. The Morgan fingerprint density at radius 1 is 1.24 bits per heavy atom. The fourth-order valence-electron chi connectivity index (χ4n) is 2.56. The van der Waals surface area contributed by atoms with E-state index in [1.165, 1.54) is 23.7 Å². The fraction of sp³-hybridized carbons (Fsp3) is 0.0556. The van der Waals surface area contributed by atoms with Gasteiger partial charge in [0.1, 0.15) is 11.5 Å². The normalized spacial score (nSPS) is 10.9. The predicted octanol–water partition coefficient (Wildman–Crippen LogP) is 3.12. The lowest BCUT2D eigenvalue weighted by Gasteiger charge is -2.07. The summed E-state index contributed by atoms with van der Waals surface area (Å²) in [7, 11) is 0. The zero-order valence-electron chi connectivity index (χ0n) is 13.0. The molecule has 1 amide bonds. The topological polar surface area (TPSA) is 82.1 Å². The Kier molecular flexibility index (Phi) is 3.91. The van der Waals surface area contributed by atoms with E-state index in [2.05, 4.69) is 10.3 Å². The van der Waals surface area contributed by atoms with E-state index in [1.807, 2.05) is 17.5 Å². The Balaban J connectivity index is 1.70. The van der Waals surface area contributed by atoms with E-state index in [0.717, 1.165) is 9.61 Å². The van der Waals surface area contributed by atoms with Gasteiger partial charge in [-0.15, -0.1) is 11.3 Å². The molecule has 6 nitrogen and oxygen atoms in total. The highest BCUT2D eigenvalue weighted by Crippen LogP contribution is 2.29. The van der Waals surface area contributed by atoms with Gasteiger partial charge in [0.05, 0.1) is 29.3 Å². The number of fused-ring (bicyclic) bond motifs is 1. The molecular formula is C18H13N3O3S. The number of aromatic nitrogens is 2. The summed E-state index contributed by atoms with van der Waals surface area (Å²) >= 11 is 1.52. The highest BCUT2D eigenvalue weighted by atomic mass is 32.1. The molecule has 0 saturated carbocycles. The van der Waals surface area contributed by atoms with E-state index in [-0.39, 0.29) is 5.91 Å². The second kappa shape index (κ2) is 6.37. The average Bonchev–Trinajstić information content (AvgIpc) is 3.32. The number of rotatable bonds is 4. The molecule has 0 spiro atoms. The van der Waals surface area contributed by atoms with Crippen LogP contribution in [-0.4, -0.2) is 10.9 Å². The molecule has 4 aromatic rings. The van der Waals surface area contributed by atoms with Crippen LogP contribution in [0.4, 0.5) is 0 Å². The molecule has 0 aliphatic rings. The first-order valence-corrected chi connectivity index (χ1v) is 8.47. The van der Waals surface area contributed by atoms with Gasteiger partial charge < -0.3 is 14.9 Å². The summed E-state index contributed by atoms with van der Waals surface area (Å²) in [6.45, 7) is 0.290. The van der Waals surface area contributed by atoms with Gasteiger partial charge in [0.2, 0.25) is 0 Å². The van der Waals surface area contributed by atoms with Gasteiger partial charge in [-0.25, -0.2) is 4.98 Å². The van der Waals surface area contributed by atoms with Crippen molar-refractivity contribution in [2.24, 2.45) is 0 Å². The third-order valence-corrected chi connectivity index (χ3v) is 4.63. The van der Waals surface area contributed by atoms with Crippen LogP contribution >= 0.6 is 11.3 Å². The fourth-order valence-corrected chi connectivity index (χ4v) is 3.30. The van der Waals surface area contributed by atoms with Gasteiger partial charge in [-0.3, -0.25) is 4.79 Å². The molecule has 0 fully saturated rings. The highest BCUT2D eigenvalue weighted by molar-refractivity contribution is 7.13. The number of carbonyl (C=O) groups excluding carboxylic acids is 1. The number of carbonyl (C=O) groups is 1. The maximum Gasteiger partial charge on any atom is 0.270 e. The van der Waals surface area contributed by atoms with Crippen LogP contribution in [0.25, 0.3) is 21.3 Å². The van der Waals surface area contributed by atoms with Gasteiger partial charge in [0.25, 0.3) is 5.91 Å². The van der Waals surface area contributed by atoms with Crippen molar-refractivity contribution in [1.82, 2.24) is 10.3 Å². The minimum atomic E-state index is -0.297. The van der Waals surface area contributed by atoms with Crippen molar-refractivity contribution in [1.29, 1.82) is 0 Å². The SMILES string of the molecule is O=C(NCc1ccco1)c1ccc2c[n+]([O-])cc(-c3cccs3)c2n1. The Hall–Kier alpha value is -3.19. The molecule has 0 aromatic carbocycles. The van der Waals surface area contributed by atoms with E-state index in [4.69, 9.17) is 4.42 Å². The number of furan rings is 1. The number of nitrogens with zero attached hydrogens (tertiary/aromatic N) is 2. The molecule has 0 aliphatic carbocycles.